The molecular weight excluding hydrogens is 247 g/mol. The normalized spacial score (nSPS) is 13.4. The summed E-state index contributed by atoms with van der Waals surface area (Å²) in [5, 5.41) is 0. The molecule has 0 aromatic rings. The second kappa shape index (κ2) is 6.89. The van der Waals surface area contributed by atoms with E-state index >= 15 is 0 Å². The van der Waals surface area contributed by atoms with E-state index in [0.29, 0.717) is 19.3 Å². The lowest BCUT2D eigenvalue weighted by atomic mass is 10.8. The average Bonchev–Trinajstić information content (AvgIpc) is 2.14. The van der Waals surface area contributed by atoms with Gasteiger partial charge in [-0.15, -0.1) is 0 Å². The molecule has 0 fully saturated rings. The van der Waals surface area contributed by atoms with Crippen molar-refractivity contribution in [1.29, 1.82) is 0 Å². The van der Waals surface area contributed by atoms with E-state index in [4.69, 9.17) is 19.3 Å². The number of hydrogen-bond donors (Lipinski definition) is 2. The van der Waals surface area contributed by atoms with Crippen molar-refractivity contribution in [3.05, 3.63) is 0 Å². The quantitative estimate of drug-likeness (QED) is 0.399. The monoisotopic (exact) mass is 270 g/mol. The number of rotatable bonds is 8. The summed E-state index contributed by atoms with van der Waals surface area (Å²) < 4.78 is 21.8. The maximum atomic E-state index is 10.9. The van der Waals surface area contributed by atoms with E-state index in [-0.39, 0.29) is 12.1 Å². The molecule has 7 heteroatoms. The molecule has 0 aliphatic heterocycles. The Labute approximate surface area is 98.3 Å². The Kier molecular flexibility index (Phi) is 7.01. The first-order valence-electron chi connectivity index (χ1n) is 5.50. The molecule has 0 rings (SSSR count). The van der Waals surface area contributed by atoms with Gasteiger partial charge >= 0.3 is 7.60 Å². The highest BCUT2D eigenvalue weighted by Gasteiger charge is 2.35. The molecule has 16 heavy (non-hydrogen) atoms. The molecule has 5 nitrogen and oxygen atoms in total. The van der Waals surface area contributed by atoms with Crippen LogP contribution in [0.15, 0.2) is 0 Å². The van der Waals surface area contributed by atoms with Gasteiger partial charge in [-0.3, -0.25) is 4.57 Å². The van der Waals surface area contributed by atoms with E-state index in [9.17, 15) is 4.57 Å². The van der Waals surface area contributed by atoms with Crippen molar-refractivity contribution < 1.29 is 23.8 Å². The number of ether oxygens (including phenoxy) is 2. The molecule has 0 amide bonds. The Morgan fingerprint density at radius 3 is 1.94 bits per heavy atom. The highest BCUT2D eigenvalue weighted by molar-refractivity contribution is 7.51. The van der Waals surface area contributed by atoms with Gasteiger partial charge in [-0.05, 0) is 19.9 Å². The lowest BCUT2D eigenvalue weighted by molar-refractivity contribution is -0.0882. The third-order valence-electron chi connectivity index (χ3n) is 2.32. The van der Waals surface area contributed by atoms with Crippen LogP contribution in [0.2, 0.25) is 19.1 Å². The van der Waals surface area contributed by atoms with Gasteiger partial charge in [0, 0.05) is 19.4 Å². The minimum Gasteiger partial charge on any atom is -0.357 e. The lowest BCUT2D eigenvalue weighted by Gasteiger charge is -2.31. The highest BCUT2D eigenvalue weighted by atomic mass is 31.2. The zero-order valence-corrected chi connectivity index (χ0v) is 12.4. The van der Waals surface area contributed by atoms with Gasteiger partial charge in [-0.25, -0.2) is 0 Å². The Hall–Kier alpha value is 0.287. The van der Waals surface area contributed by atoms with E-state index in [0.717, 1.165) is 0 Å². The molecule has 2 N–H and O–H groups in total. The highest BCUT2D eigenvalue weighted by Crippen LogP contribution is 2.37. The van der Waals surface area contributed by atoms with Crippen LogP contribution in [0.5, 0.6) is 0 Å². The zero-order valence-electron chi connectivity index (χ0n) is 10.5. The average molecular weight is 270 g/mol. The Bertz CT molecular complexity index is 234. The van der Waals surface area contributed by atoms with Crippen LogP contribution < -0.4 is 0 Å². The summed E-state index contributed by atoms with van der Waals surface area (Å²) in [7, 11) is -5.84. The zero-order chi connectivity index (χ0) is 12.8. The summed E-state index contributed by atoms with van der Waals surface area (Å²) in [6.07, 6.45) is -0.0805. The van der Waals surface area contributed by atoms with Crippen molar-refractivity contribution in [1.82, 2.24) is 0 Å². The summed E-state index contributed by atoms with van der Waals surface area (Å²) in [4.78, 5) is 17.7. The molecular formula is C9H23O5PSi. The van der Waals surface area contributed by atoms with Crippen LogP contribution in [-0.4, -0.2) is 43.1 Å². The molecule has 0 heterocycles. The largest absolute Gasteiger partial charge is 0.357 e. The predicted octanol–water partition coefficient (Wildman–Crippen LogP) is 1.81. The molecule has 0 aliphatic rings. The van der Waals surface area contributed by atoms with E-state index < -0.39 is 15.7 Å². The van der Waals surface area contributed by atoms with Crippen LogP contribution in [0.1, 0.15) is 13.8 Å². The molecule has 0 aliphatic carbocycles. The molecule has 0 saturated carbocycles. The van der Waals surface area contributed by atoms with E-state index in [2.05, 4.69) is 0 Å². The molecule has 0 aromatic heterocycles. The fourth-order valence-corrected chi connectivity index (χ4v) is 6.30. The van der Waals surface area contributed by atoms with Gasteiger partial charge in [-0.1, -0.05) is 13.1 Å². The molecule has 0 atom stereocenters. The van der Waals surface area contributed by atoms with Gasteiger partial charge in [0.25, 0.3) is 0 Å². The van der Waals surface area contributed by atoms with Crippen molar-refractivity contribution in [2.24, 2.45) is 0 Å². The first kappa shape index (κ1) is 16.3. The van der Waals surface area contributed by atoms with Crippen molar-refractivity contribution in [2.45, 2.75) is 38.9 Å². The summed E-state index contributed by atoms with van der Waals surface area (Å²) >= 11 is 0. The second-order valence-electron chi connectivity index (χ2n) is 4.37. The molecule has 98 valence electrons. The van der Waals surface area contributed by atoms with Gasteiger partial charge in [0.15, 0.2) is 0 Å². The Morgan fingerprint density at radius 2 is 1.62 bits per heavy atom. The van der Waals surface area contributed by atoms with Gasteiger partial charge < -0.3 is 19.3 Å². The maximum Gasteiger partial charge on any atom is 0.325 e. The van der Waals surface area contributed by atoms with E-state index in [1.165, 1.54) is 0 Å². The molecule has 0 saturated heterocycles. The molecule has 0 aromatic carbocycles. The van der Waals surface area contributed by atoms with Crippen molar-refractivity contribution >= 4 is 15.7 Å². The van der Waals surface area contributed by atoms with Crippen molar-refractivity contribution in [3.8, 4) is 0 Å². The Morgan fingerprint density at radius 1 is 1.19 bits per heavy atom. The van der Waals surface area contributed by atoms with Crippen LogP contribution >= 0.6 is 7.60 Å². The fourth-order valence-electron chi connectivity index (χ4n) is 1.35. The van der Waals surface area contributed by atoms with Crippen molar-refractivity contribution in [3.63, 3.8) is 0 Å². The topological polar surface area (TPSA) is 76.0 Å². The molecule has 0 unspecified atom stereocenters. The molecule has 0 radical (unpaired) electrons. The van der Waals surface area contributed by atoms with Crippen LogP contribution in [0, 0.1) is 0 Å². The van der Waals surface area contributed by atoms with Crippen LogP contribution in [-0.2, 0) is 14.0 Å². The van der Waals surface area contributed by atoms with Gasteiger partial charge in [-0.2, -0.15) is 0 Å². The summed E-state index contributed by atoms with van der Waals surface area (Å²) in [5.74, 6) is -0.283. The third kappa shape index (κ3) is 6.78. The first-order valence-corrected chi connectivity index (χ1v) is 10.6. The van der Waals surface area contributed by atoms with Crippen LogP contribution in [0.25, 0.3) is 0 Å². The van der Waals surface area contributed by atoms with E-state index in [1.54, 1.807) is 0 Å². The third-order valence-corrected chi connectivity index (χ3v) is 6.70. The van der Waals surface area contributed by atoms with Gasteiger partial charge in [0.05, 0.1) is 0 Å². The minimum atomic E-state index is -3.92. The lowest BCUT2D eigenvalue weighted by Crippen LogP contribution is -2.45. The van der Waals surface area contributed by atoms with Crippen LogP contribution in [0.4, 0.5) is 0 Å². The molecule has 0 bridgehead atoms. The van der Waals surface area contributed by atoms with Crippen LogP contribution in [0.3, 0.4) is 0 Å². The minimum absolute atomic E-state index is 0.0805. The number of hydrogen-bond acceptors (Lipinski definition) is 3. The standard InChI is InChI=1S/C9H23O5PSi/c1-5-13-9(14-6-2)16(3,4)8-7-15(10,11)12/h9H,5-8H2,1-4H3,(H2,10,11,12). The summed E-state index contributed by atoms with van der Waals surface area (Å²) in [6, 6.07) is 0.502. The molecule has 0 spiro atoms. The fraction of sp³-hybridized carbons (Fsp3) is 1.00. The predicted molar refractivity (Wildman–Crippen MR) is 66.2 cm³/mol. The summed E-state index contributed by atoms with van der Waals surface area (Å²) in [5.41, 5.74) is 0. The van der Waals surface area contributed by atoms with Crippen molar-refractivity contribution in [2.75, 3.05) is 19.4 Å². The smallest absolute Gasteiger partial charge is 0.325 e. The summed E-state index contributed by atoms with van der Waals surface area (Å²) in [6.45, 7) is 8.93. The maximum absolute atomic E-state index is 10.9. The first-order chi connectivity index (χ1) is 7.23. The second-order valence-corrected chi connectivity index (χ2v) is 11.1. The Balaban J connectivity index is 4.39. The van der Waals surface area contributed by atoms with Gasteiger partial charge in [0.2, 0.25) is 0 Å². The SMILES string of the molecule is CCOC(OCC)[Si](C)(C)CCP(=O)(O)O. The van der Waals surface area contributed by atoms with Gasteiger partial charge in [0.1, 0.15) is 14.0 Å². The van der Waals surface area contributed by atoms with E-state index in [1.807, 2.05) is 26.9 Å².